The van der Waals surface area contributed by atoms with Crippen molar-refractivity contribution >= 4 is 34.8 Å². The van der Waals surface area contributed by atoms with Crippen molar-refractivity contribution in [3.8, 4) is 5.75 Å². The van der Waals surface area contributed by atoms with Gasteiger partial charge in [0.2, 0.25) is 5.91 Å². The Balaban J connectivity index is 2.00. The van der Waals surface area contributed by atoms with E-state index < -0.39 is 69.1 Å². The number of aliphatic hydroxyl groups is 1. The van der Waals surface area contributed by atoms with E-state index >= 15 is 0 Å². The quantitative estimate of drug-likeness (QED) is 0.388. The smallest absolute Gasteiger partial charge is 0.235 e. The lowest BCUT2D eigenvalue weighted by molar-refractivity contribution is -0.203. The Morgan fingerprint density at radius 3 is 2.25 bits per heavy atom. The van der Waals surface area contributed by atoms with Crippen LogP contribution in [0.2, 0.25) is 0 Å². The second-order valence-corrected chi connectivity index (χ2v) is 11.0. The summed E-state index contributed by atoms with van der Waals surface area (Å²) in [6, 6.07) is 1.41. The van der Waals surface area contributed by atoms with Crippen LogP contribution in [0, 0.1) is 22.7 Å². The van der Waals surface area contributed by atoms with Gasteiger partial charge < -0.3 is 15.9 Å². The molecule has 2 unspecified atom stereocenters. The second-order valence-electron chi connectivity index (χ2n) is 11.0. The molecule has 1 amide bonds. The number of rotatable bonds is 4. The number of aromatic hydroxyl groups is 1. The first kappa shape index (κ1) is 25.8. The standard InChI is InChI=1S/C26H30N2O8/c1-6-13(29)11-7-8-14(30)15-12(11)9-24(2)10-25(3)20(28(4)5)19(32)16(23(27)35)21(33)26(25,36)22(34)17(24)18(15)31/h7-8,16-17,20,30,36H,6,9-10H2,1-5H3,(H2,27,35)/t16?,17?,20-,24+,25+,26-/m1/s1. The van der Waals surface area contributed by atoms with Crippen molar-refractivity contribution in [1.82, 2.24) is 4.90 Å². The number of hydrogen-bond donors (Lipinski definition) is 3. The van der Waals surface area contributed by atoms with Crippen molar-refractivity contribution in [3.63, 3.8) is 0 Å². The Hall–Kier alpha value is -3.24. The summed E-state index contributed by atoms with van der Waals surface area (Å²) >= 11 is 0. The SMILES string of the molecule is CCC(=O)c1ccc(O)c2c1C[C@@]1(C)C[C@@]3(C)[C@H](N(C)C)C(=O)C(C(N)=O)C(=O)[C@@]3(O)C(=O)C1C2=O. The van der Waals surface area contributed by atoms with Crippen LogP contribution in [-0.2, 0) is 25.6 Å². The van der Waals surface area contributed by atoms with Gasteiger partial charge >= 0.3 is 0 Å². The molecule has 0 saturated heterocycles. The van der Waals surface area contributed by atoms with Crippen molar-refractivity contribution in [1.29, 1.82) is 0 Å². The van der Waals surface area contributed by atoms with Crippen molar-refractivity contribution < 1.29 is 39.0 Å². The minimum Gasteiger partial charge on any atom is -0.507 e. The highest BCUT2D eigenvalue weighted by Gasteiger charge is 2.76. The summed E-state index contributed by atoms with van der Waals surface area (Å²) in [5, 5.41) is 22.4. The molecule has 10 nitrogen and oxygen atoms in total. The summed E-state index contributed by atoms with van der Waals surface area (Å²) in [6.07, 6.45) is 0.0505. The number of fused-ring (bicyclic) bond motifs is 3. The lowest BCUT2D eigenvalue weighted by atomic mass is 9.42. The van der Waals surface area contributed by atoms with Gasteiger partial charge in [-0.25, -0.2) is 0 Å². The van der Waals surface area contributed by atoms with E-state index in [9.17, 15) is 39.0 Å². The first-order chi connectivity index (χ1) is 16.6. The summed E-state index contributed by atoms with van der Waals surface area (Å²) in [5.74, 6) is -9.62. The first-order valence-corrected chi connectivity index (χ1v) is 11.8. The third kappa shape index (κ3) is 2.97. The Labute approximate surface area is 207 Å². The highest BCUT2D eigenvalue weighted by Crippen LogP contribution is 2.61. The van der Waals surface area contributed by atoms with Gasteiger partial charge in [-0.1, -0.05) is 20.8 Å². The minimum absolute atomic E-state index is 0.0212. The Morgan fingerprint density at radius 2 is 1.72 bits per heavy atom. The lowest BCUT2D eigenvalue weighted by Crippen LogP contribution is -2.79. The molecule has 10 heteroatoms. The van der Waals surface area contributed by atoms with E-state index in [-0.39, 0.29) is 36.2 Å². The summed E-state index contributed by atoms with van der Waals surface area (Å²) in [7, 11) is 3.05. The molecule has 0 spiro atoms. The van der Waals surface area contributed by atoms with Gasteiger partial charge in [0.25, 0.3) is 0 Å². The van der Waals surface area contributed by atoms with Crippen LogP contribution < -0.4 is 5.73 Å². The van der Waals surface area contributed by atoms with E-state index in [1.54, 1.807) is 13.8 Å². The predicted octanol–water partition coefficient (Wildman–Crippen LogP) is 0.240. The number of ketones is 5. The van der Waals surface area contributed by atoms with Crippen molar-refractivity contribution in [3.05, 3.63) is 28.8 Å². The molecule has 2 saturated carbocycles. The van der Waals surface area contributed by atoms with Crippen LogP contribution in [0.15, 0.2) is 12.1 Å². The number of hydrogen-bond acceptors (Lipinski definition) is 9. The van der Waals surface area contributed by atoms with Crippen LogP contribution in [0.3, 0.4) is 0 Å². The third-order valence-electron chi connectivity index (χ3n) is 8.49. The molecule has 0 aromatic heterocycles. The van der Waals surface area contributed by atoms with Crippen LogP contribution in [0.4, 0.5) is 0 Å². The molecule has 192 valence electrons. The highest BCUT2D eigenvalue weighted by molar-refractivity contribution is 6.33. The number of likely N-dealkylation sites (N-methyl/N-ethyl adjacent to an activating group) is 1. The Bertz CT molecular complexity index is 1270. The van der Waals surface area contributed by atoms with Crippen molar-refractivity contribution in [2.75, 3.05) is 14.1 Å². The maximum atomic E-state index is 14.1. The predicted molar refractivity (Wildman–Crippen MR) is 125 cm³/mol. The largest absolute Gasteiger partial charge is 0.507 e. The average Bonchev–Trinajstić information content (AvgIpc) is 2.75. The number of Topliss-reactive ketones (excluding diaryl/α,β-unsaturated/α-hetero) is 5. The van der Waals surface area contributed by atoms with E-state index in [1.807, 2.05) is 0 Å². The van der Waals surface area contributed by atoms with Gasteiger partial charge in [-0.05, 0) is 50.0 Å². The molecule has 4 rings (SSSR count). The zero-order valence-electron chi connectivity index (χ0n) is 20.9. The normalized spacial score (nSPS) is 35.8. The van der Waals surface area contributed by atoms with Gasteiger partial charge in [0.05, 0.1) is 17.5 Å². The van der Waals surface area contributed by atoms with E-state index in [2.05, 4.69) is 0 Å². The van der Waals surface area contributed by atoms with Gasteiger partial charge in [-0.15, -0.1) is 0 Å². The number of carbonyl (C=O) groups is 6. The zero-order valence-corrected chi connectivity index (χ0v) is 20.9. The molecule has 0 bridgehead atoms. The number of benzene rings is 1. The molecular formula is C26H30N2O8. The van der Waals surface area contributed by atoms with Crippen LogP contribution >= 0.6 is 0 Å². The van der Waals surface area contributed by atoms with E-state index in [1.165, 1.54) is 38.1 Å². The fourth-order valence-electron chi connectivity index (χ4n) is 7.17. The second kappa shape index (κ2) is 7.88. The van der Waals surface area contributed by atoms with Crippen molar-refractivity contribution in [2.45, 2.75) is 51.7 Å². The number of nitrogens with zero attached hydrogens (tertiary/aromatic N) is 1. The molecule has 0 radical (unpaired) electrons. The number of phenolic OH excluding ortho intramolecular Hbond substituents is 1. The zero-order chi connectivity index (χ0) is 27.1. The summed E-state index contributed by atoms with van der Waals surface area (Å²) in [5.41, 5.74) is -0.0320. The Kier molecular flexibility index (Phi) is 5.66. The van der Waals surface area contributed by atoms with Crippen LogP contribution in [0.5, 0.6) is 5.75 Å². The summed E-state index contributed by atoms with van der Waals surface area (Å²) in [4.78, 5) is 80.9. The molecule has 1 aromatic rings. The lowest BCUT2D eigenvalue weighted by Gasteiger charge is -2.61. The molecule has 0 aliphatic heterocycles. The number of carbonyl (C=O) groups excluding carboxylic acids is 6. The first-order valence-electron chi connectivity index (χ1n) is 11.8. The van der Waals surface area contributed by atoms with E-state index in [0.717, 1.165) is 0 Å². The average molecular weight is 499 g/mol. The maximum absolute atomic E-state index is 14.1. The third-order valence-corrected chi connectivity index (χ3v) is 8.49. The van der Waals surface area contributed by atoms with E-state index in [0.29, 0.717) is 5.56 Å². The molecule has 3 aliphatic carbocycles. The molecule has 4 N–H and O–H groups in total. The molecule has 6 atom stereocenters. The molecule has 2 fully saturated rings. The number of phenols is 1. The number of amides is 1. The topological polar surface area (TPSA) is 172 Å². The fourth-order valence-corrected chi connectivity index (χ4v) is 7.17. The van der Waals surface area contributed by atoms with Crippen LogP contribution in [0.1, 0.15) is 59.9 Å². The van der Waals surface area contributed by atoms with Gasteiger partial charge in [-0.2, -0.15) is 0 Å². The fraction of sp³-hybridized carbons (Fsp3) is 0.538. The molecule has 0 heterocycles. The van der Waals surface area contributed by atoms with Crippen molar-refractivity contribution in [2.24, 2.45) is 28.4 Å². The Morgan fingerprint density at radius 1 is 1.11 bits per heavy atom. The van der Waals surface area contributed by atoms with Crippen LogP contribution in [-0.4, -0.2) is 75.7 Å². The summed E-state index contributed by atoms with van der Waals surface area (Å²) in [6.45, 7) is 4.75. The van der Waals surface area contributed by atoms with E-state index in [4.69, 9.17) is 5.73 Å². The summed E-state index contributed by atoms with van der Waals surface area (Å²) < 4.78 is 0. The molecule has 1 aromatic carbocycles. The highest BCUT2D eigenvalue weighted by atomic mass is 16.3. The van der Waals surface area contributed by atoms with Gasteiger partial charge in [-0.3, -0.25) is 33.7 Å². The van der Waals surface area contributed by atoms with Gasteiger partial charge in [0, 0.05) is 17.4 Å². The molecule has 3 aliphatic rings. The van der Waals surface area contributed by atoms with Crippen LogP contribution in [0.25, 0.3) is 0 Å². The maximum Gasteiger partial charge on any atom is 0.235 e. The number of primary amides is 1. The minimum atomic E-state index is -2.85. The molecule has 36 heavy (non-hydrogen) atoms. The molecular weight excluding hydrogens is 468 g/mol. The number of nitrogens with two attached hydrogens (primary N) is 1. The van der Waals surface area contributed by atoms with Gasteiger partial charge in [0.1, 0.15) is 5.75 Å². The van der Waals surface area contributed by atoms with Gasteiger partial charge in [0.15, 0.2) is 40.4 Å². The monoisotopic (exact) mass is 498 g/mol.